The molecule has 3 rings (SSSR count). The van der Waals surface area contributed by atoms with Crippen molar-refractivity contribution in [2.75, 3.05) is 13.1 Å². The Balaban J connectivity index is 1.53. The van der Waals surface area contributed by atoms with Crippen LogP contribution in [0.15, 0.2) is 10.6 Å². The van der Waals surface area contributed by atoms with Crippen LogP contribution in [0.5, 0.6) is 0 Å². The average Bonchev–Trinajstić information content (AvgIpc) is 3.18. The van der Waals surface area contributed by atoms with Crippen LogP contribution < -0.4 is 5.32 Å². The van der Waals surface area contributed by atoms with Crippen molar-refractivity contribution in [3.05, 3.63) is 17.5 Å². The van der Waals surface area contributed by atoms with E-state index in [4.69, 9.17) is 4.52 Å². The van der Waals surface area contributed by atoms with Crippen molar-refractivity contribution in [3.63, 3.8) is 0 Å². The van der Waals surface area contributed by atoms with Gasteiger partial charge in [0.05, 0.1) is 0 Å². The molecular weight excluding hydrogens is 282 g/mol. The fourth-order valence-corrected chi connectivity index (χ4v) is 2.72. The first-order chi connectivity index (χ1) is 10.5. The molecule has 1 aromatic rings. The lowest BCUT2D eigenvalue weighted by molar-refractivity contribution is -0.126. The van der Waals surface area contributed by atoms with Gasteiger partial charge in [0.15, 0.2) is 5.69 Å². The first-order valence-electron chi connectivity index (χ1n) is 8.11. The number of amides is 2. The van der Waals surface area contributed by atoms with Gasteiger partial charge in [-0.2, -0.15) is 0 Å². The second kappa shape index (κ2) is 6.10. The van der Waals surface area contributed by atoms with Crippen LogP contribution in [0.1, 0.15) is 61.7 Å². The Morgan fingerprint density at radius 1 is 1.27 bits per heavy atom. The van der Waals surface area contributed by atoms with Crippen LogP contribution in [0.2, 0.25) is 0 Å². The fourth-order valence-electron chi connectivity index (χ4n) is 2.72. The number of nitrogens with zero attached hydrogens (tertiary/aromatic N) is 2. The minimum absolute atomic E-state index is 0.0354. The molecule has 0 atom stereocenters. The lowest BCUT2D eigenvalue weighted by atomic mass is 9.95. The molecule has 2 fully saturated rings. The molecule has 6 heteroatoms. The van der Waals surface area contributed by atoms with Crippen LogP contribution in [0.3, 0.4) is 0 Å². The van der Waals surface area contributed by atoms with Crippen LogP contribution in [0.25, 0.3) is 0 Å². The summed E-state index contributed by atoms with van der Waals surface area (Å²) in [7, 11) is 0. The van der Waals surface area contributed by atoms with Crippen molar-refractivity contribution in [3.8, 4) is 0 Å². The highest BCUT2D eigenvalue weighted by Gasteiger charge is 2.32. The lowest BCUT2D eigenvalue weighted by Gasteiger charge is -2.30. The summed E-state index contributed by atoms with van der Waals surface area (Å²) in [6, 6.07) is 2.12. The molecule has 22 heavy (non-hydrogen) atoms. The number of piperidine rings is 1. The predicted octanol–water partition coefficient (Wildman–Crippen LogP) is 1.93. The molecule has 0 radical (unpaired) electrons. The Labute approximate surface area is 130 Å². The molecule has 2 heterocycles. The topological polar surface area (TPSA) is 75.4 Å². The summed E-state index contributed by atoms with van der Waals surface area (Å²) in [5.41, 5.74) is 0.365. The van der Waals surface area contributed by atoms with Gasteiger partial charge in [0.2, 0.25) is 5.91 Å². The largest absolute Gasteiger partial charge is 0.360 e. The van der Waals surface area contributed by atoms with Crippen molar-refractivity contribution in [2.24, 2.45) is 5.92 Å². The smallest absolute Gasteiger partial charge is 0.276 e. The van der Waals surface area contributed by atoms with Gasteiger partial charge < -0.3 is 14.7 Å². The second-order valence-corrected chi connectivity index (χ2v) is 6.62. The summed E-state index contributed by atoms with van der Waals surface area (Å²) >= 11 is 0. The number of nitrogens with one attached hydrogen (secondary N) is 1. The van der Waals surface area contributed by atoms with E-state index in [1.807, 2.05) is 13.8 Å². The van der Waals surface area contributed by atoms with Crippen LogP contribution in [-0.2, 0) is 4.79 Å². The van der Waals surface area contributed by atoms with Crippen LogP contribution in [0.4, 0.5) is 0 Å². The monoisotopic (exact) mass is 305 g/mol. The highest BCUT2D eigenvalue weighted by Crippen LogP contribution is 2.24. The normalized spacial score (nSPS) is 19.5. The van der Waals surface area contributed by atoms with Crippen LogP contribution in [0, 0.1) is 5.92 Å². The second-order valence-electron chi connectivity index (χ2n) is 6.62. The number of rotatable bonds is 4. The van der Waals surface area contributed by atoms with Crippen LogP contribution >= 0.6 is 0 Å². The Morgan fingerprint density at radius 3 is 2.50 bits per heavy atom. The van der Waals surface area contributed by atoms with E-state index >= 15 is 0 Å². The molecule has 6 nitrogen and oxygen atoms in total. The molecule has 0 aromatic carbocycles. The van der Waals surface area contributed by atoms with E-state index in [0.717, 1.165) is 31.4 Å². The molecule has 1 aliphatic heterocycles. The first-order valence-corrected chi connectivity index (χ1v) is 8.11. The highest BCUT2D eigenvalue weighted by atomic mass is 16.5. The Bertz CT molecular complexity index is 555. The summed E-state index contributed by atoms with van der Waals surface area (Å²) in [5, 5.41) is 6.91. The summed E-state index contributed by atoms with van der Waals surface area (Å²) in [5.74, 6) is 1.02. The Kier molecular flexibility index (Phi) is 4.18. The average molecular weight is 305 g/mol. The van der Waals surface area contributed by atoms with E-state index in [0.29, 0.717) is 24.8 Å². The fraction of sp³-hybridized carbons (Fsp3) is 0.688. The van der Waals surface area contributed by atoms with E-state index in [2.05, 4.69) is 10.5 Å². The van der Waals surface area contributed by atoms with E-state index in [-0.39, 0.29) is 23.7 Å². The summed E-state index contributed by atoms with van der Waals surface area (Å²) < 4.78 is 5.19. The SMILES string of the molecule is CC(C)c1cc(C(=O)N2CCC(C(=O)NC3CC3)CC2)no1. The quantitative estimate of drug-likeness (QED) is 0.922. The molecule has 1 aromatic heterocycles. The van der Waals surface area contributed by atoms with Gasteiger partial charge in [-0.15, -0.1) is 0 Å². The minimum Gasteiger partial charge on any atom is -0.360 e. The van der Waals surface area contributed by atoms with Gasteiger partial charge in [0.1, 0.15) is 5.76 Å². The molecule has 1 aliphatic carbocycles. The number of likely N-dealkylation sites (tertiary alicyclic amines) is 1. The van der Waals surface area contributed by atoms with Gasteiger partial charge in [-0.25, -0.2) is 0 Å². The van der Waals surface area contributed by atoms with Gasteiger partial charge in [0.25, 0.3) is 5.91 Å². The standard InChI is InChI=1S/C16H23N3O3/c1-10(2)14-9-13(18-22-14)16(21)19-7-5-11(6-8-19)15(20)17-12-3-4-12/h9-12H,3-8H2,1-2H3,(H,17,20). The third-order valence-corrected chi connectivity index (χ3v) is 4.39. The van der Waals surface area contributed by atoms with Gasteiger partial charge in [-0.05, 0) is 25.7 Å². The van der Waals surface area contributed by atoms with Crippen molar-refractivity contribution < 1.29 is 14.1 Å². The van der Waals surface area contributed by atoms with Gasteiger partial charge in [-0.1, -0.05) is 19.0 Å². The molecule has 0 bridgehead atoms. The Morgan fingerprint density at radius 2 is 1.95 bits per heavy atom. The molecule has 0 unspecified atom stereocenters. The van der Waals surface area contributed by atoms with Crippen molar-refractivity contribution >= 4 is 11.8 Å². The van der Waals surface area contributed by atoms with Gasteiger partial charge in [0, 0.05) is 37.0 Å². The number of hydrogen-bond donors (Lipinski definition) is 1. The summed E-state index contributed by atoms with van der Waals surface area (Å²) in [6.07, 6.45) is 3.65. The zero-order valence-electron chi connectivity index (χ0n) is 13.2. The maximum absolute atomic E-state index is 12.4. The molecule has 1 saturated carbocycles. The molecule has 120 valence electrons. The van der Waals surface area contributed by atoms with Gasteiger partial charge in [-0.3, -0.25) is 9.59 Å². The Hall–Kier alpha value is -1.85. The number of hydrogen-bond acceptors (Lipinski definition) is 4. The van der Waals surface area contributed by atoms with E-state index < -0.39 is 0 Å². The molecule has 1 N–H and O–H groups in total. The molecule has 1 saturated heterocycles. The van der Waals surface area contributed by atoms with Crippen molar-refractivity contribution in [1.82, 2.24) is 15.4 Å². The zero-order chi connectivity index (χ0) is 15.7. The summed E-state index contributed by atoms with van der Waals surface area (Å²) in [6.45, 7) is 5.20. The van der Waals surface area contributed by atoms with E-state index in [9.17, 15) is 9.59 Å². The minimum atomic E-state index is -0.100. The van der Waals surface area contributed by atoms with E-state index in [1.165, 1.54) is 0 Å². The van der Waals surface area contributed by atoms with Crippen molar-refractivity contribution in [1.29, 1.82) is 0 Å². The molecule has 2 aliphatic rings. The maximum Gasteiger partial charge on any atom is 0.276 e. The molecule has 2 amide bonds. The lowest BCUT2D eigenvalue weighted by Crippen LogP contribution is -2.43. The first kappa shape index (κ1) is 15.1. The number of carbonyl (C=O) groups is 2. The predicted molar refractivity (Wildman–Crippen MR) is 80.4 cm³/mol. The molecule has 0 spiro atoms. The van der Waals surface area contributed by atoms with Crippen LogP contribution in [-0.4, -0.2) is 41.0 Å². The highest BCUT2D eigenvalue weighted by molar-refractivity contribution is 5.92. The third kappa shape index (κ3) is 3.31. The number of carbonyl (C=O) groups excluding carboxylic acids is 2. The number of aromatic nitrogens is 1. The van der Waals surface area contributed by atoms with Crippen molar-refractivity contribution in [2.45, 2.75) is 51.5 Å². The zero-order valence-corrected chi connectivity index (χ0v) is 13.2. The van der Waals surface area contributed by atoms with E-state index in [1.54, 1.807) is 11.0 Å². The molecular formula is C16H23N3O3. The third-order valence-electron chi connectivity index (χ3n) is 4.39. The maximum atomic E-state index is 12.4. The summed E-state index contributed by atoms with van der Waals surface area (Å²) in [4.78, 5) is 26.2. The van der Waals surface area contributed by atoms with Gasteiger partial charge >= 0.3 is 0 Å².